The Balaban J connectivity index is 1.87. The van der Waals surface area contributed by atoms with Crippen molar-refractivity contribution in [2.24, 2.45) is 0 Å². The summed E-state index contributed by atoms with van der Waals surface area (Å²) in [5.41, 5.74) is 3.22. The van der Waals surface area contributed by atoms with Gasteiger partial charge in [-0.3, -0.25) is 4.84 Å². The van der Waals surface area contributed by atoms with Crippen LogP contribution in [0.5, 0.6) is 0 Å². The predicted molar refractivity (Wildman–Crippen MR) is 69.3 cm³/mol. The molecule has 0 amide bonds. The molecule has 1 unspecified atom stereocenters. The second kappa shape index (κ2) is 9.00. The van der Waals surface area contributed by atoms with Crippen molar-refractivity contribution in [1.82, 2.24) is 5.48 Å². The Kier molecular flexibility index (Phi) is 7.87. The van der Waals surface area contributed by atoms with Crippen LogP contribution < -0.4 is 5.48 Å². The molecule has 2 heteroatoms. The topological polar surface area (TPSA) is 21.3 Å². The van der Waals surface area contributed by atoms with Crippen LogP contribution in [0.1, 0.15) is 78.1 Å². The molecule has 0 aromatic carbocycles. The number of hydroxylamine groups is 1. The van der Waals surface area contributed by atoms with Crippen LogP contribution in [0.2, 0.25) is 0 Å². The number of rotatable bonds is 9. The molecule has 0 aliphatic heterocycles. The Morgan fingerprint density at radius 2 is 1.81 bits per heavy atom. The zero-order chi connectivity index (χ0) is 11.6. The fourth-order valence-corrected chi connectivity index (χ4v) is 2.33. The Bertz CT molecular complexity index is 155. The standard InChI is InChI=1S/C14H29NO/c1-3-4-5-6-7-10-13(2)15-16-14-11-8-9-12-14/h13-15H,3-12H2,1-2H3. The summed E-state index contributed by atoms with van der Waals surface area (Å²) in [6.07, 6.45) is 13.7. The van der Waals surface area contributed by atoms with Gasteiger partial charge in [-0.1, -0.05) is 51.9 Å². The maximum Gasteiger partial charge on any atom is 0.0790 e. The fraction of sp³-hybridized carbons (Fsp3) is 1.00. The highest BCUT2D eigenvalue weighted by molar-refractivity contribution is 4.66. The van der Waals surface area contributed by atoms with Crippen LogP contribution in [-0.4, -0.2) is 12.1 Å². The first-order chi connectivity index (χ1) is 7.83. The molecule has 1 aliphatic rings. The number of hydrogen-bond donors (Lipinski definition) is 1. The predicted octanol–water partition coefficient (Wildman–Crippen LogP) is 4.20. The normalized spacial score (nSPS) is 19.1. The second-order valence-electron chi connectivity index (χ2n) is 5.25. The van der Waals surface area contributed by atoms with Gasteiger partial charge in [0.25, 0.3) is 0 Å². The van der Waals surface area contributed by atoms with E-state index in [4.69, 9.17) is 4.84 Å². The van der Waals surface area contributed by atoms with Gasteiger partial charge in [-0.2, -0.15) is 5.48 Å². The molecule has 0 bridgehead atoms. The van der Waals surface area contributed by atoms with Gasteiger partial charge in [0.2, 0.25) is 0 Å². The van der Waals surface area contributed by atoms with Gasteiger partial charge in [0, 0.05) is 6.04 Å². The van der Waals surface area contributed by atoms with Crippen molar-refractivity contribution in [2.45, 2.75) is 90.2 Å². The summed E-state index contributed by atoms with van der Waals surface area (Å²) in [6, 6.07) is 0.516. The van der Waals surface area contributed by atoms with Gasteiger partial charge in [-0.25, -0.2) is 0 Å². The van der Waals surface area contributed by atoms with E-state index in [-0.39, 0.29) is 0 Å². The van der Waals surface area contributed by atoms with Crippen LogP contribution >= 0.6 is 0 Å². The Morgan fingerprint density at radius 3 is 2.50 bits per heavy atom. The number of hydrogen-bond acceptors (Lipinski definition) is 2. The molecule has 2 nitrogen and oxygen atoms in total. The summed E-state index contributed by atoms with van der Waals surface area (Å²) in [4.78, 5) is 5.69. The molecular formula is C14H29NO. The molecule has 0 aromatic rings. The van der Waals surface area contributed by atoms with Crippen molar-refractivity contribution in [2.75, 3.05) is 0 Å². The third-order valence-electron chi connectivity index (χ3n) is 3.48. The molecule has 0 radical (unpaired) electrons. The zero-order valence-corrected chi connectivity index (χ0v) is 11.1. The molecule has 0 saturated heterocycles. The molecule has 1 saturated carbocycles. The minimum absolute atomic E-state index is 0.488. The quantitative estimate of drug-likeness (QED) is 0.471. The smallest absolute Gasteiger partial charge is 0.0790 e. The van der Waals surface area contributed by atoms with E-state index in [2.05, 4.69) is 19.3 Å². The van der Waals surface area contributed by atoms with Crippen molar-refractivity contribution in [3.05, 3.63) is 0 Å². The van der Waals surface area contributed by atoms with Gasteiger partial charge in [-0.15, -0.1) is 0 Å². The fourth-order valence-electron chi connectivity index (χ4n) is 2.33. The summed E-state index contributed by atoms with van der Waals surface area (Å²) in [5.74, 6) is 0. The van der Waals surface area contributed by atoms with Crippen molar-refractivity contribution in [1.29, 1.82) is 0 Å². The molecule has 0 aromatic heterocycles. The summed E-state index contributed by atoms with van der Waals surface area (Å²) in [5, 5.41) is 0. The summed E-state index contributed by atoms with van der Waals surface area (Å²) >= 11 is 0. The van der Waals surface area contributed by atoms with Crippen molar-refractivity contribution < 1.29 is 4.84 Å². The second-order valence-corrected chi connectivity index (χ2v) is 5.25. The maximum atomic E-state index is 5.69. The van der Waals surface area contributed by atoms with Gasteiger partial charge in [0.05, 0.1) is 6.10 Å². The lowest BCUT2D eigenvalue weighted by atomic mass is 10.1. The van der Waals surface area contributed by atoms with Crippen LogP contribution in [0, 0.1) is 0 Å². The first kappa shape index (κ1) is 14.0. The first-order valence-corrected chi connectivity index (χ1v) is 7.24. The number of unbranched alkanes of at least 4 members (excludes halogenated alkanes) is 4. The highest BCUT2D eigenvalue weighted by atomic mass is 16.7. The molecule has 1 atom stereocenters. The van der Waals surface area contributed by atoms with E-state index in [9.17, 15) is 0 Å². The van der Waals surface area contributed by atoms with Crippen LogP contribution in [0.25, 0.3) is 0 Å². The van der Waals surface area contributed by atoms with E-state index in [1.165, 1.54) is 64.2 Å². The summed E-state index contributed by atoms with van der Waals surface area (Å²) in [6.45, 7) is 4.49. The Hall–Kier alpha value is -0.0800. The van der Waals surface area contributed by atoms with E-state index < -0.39 is 0 Å². The van der Waals surface area contributed by atoms with E-state index >= 15 is 0 Å². The molecule has 0 spiro atoms. The number of nitrogens with one attached hydrogen (secondary N) is 1. The summed E-state index contributed by atoms with van der Waals surface area (Å²) in [7, 11) is 0. The van der Waals surface area contributed by atoms with Crippen LogP contribution in [0.3, 0.4) is 0 Å². The average molecular weight is 227 g/mol. The van der Waals surface area contributed by atoms with E-state index in [1.54, 1.807) is 0 Å². The molecule has 1 aliphatic carbocycles. The third-order valence-corrected chi connectivity index (χ3v) is 3.48. The van der Waals surface area contributed by atoms with E-state index in [0.29, 0.717) is 12.1 Å². The molecule has 16 heavy (non-hydrogen) atoms. The molecule has 1 fully saturated rings. The lowest BCUT2D eigenvalue weighted by Crippen LogP contribution is -2.30. The highest BCUT2D eigenvalue weighted by Crippen LogP contribution is 2.20. The molecule has 1 N–H and O–H groups in total. The first-order valence-electron chi connectivity index (χ1n) is 7.24. The third kappa shape index (κ3) is 6.49. The lowest BCUT2D eigenvalue weighted by molar-refractivity contribution is -0.0386. The van der Waals surface area contributed by atoms with Crippen molar-refractivity contribution in [3.8, 4) is 0 Å². The molecular weight excluding hydrogens is 198 g/mol. The van der Waals surface area contributed by atoms with E-state index in [0.717, 1.165) is 0 Å². The van der Waals surface area contributed by atoms with Gasteiger partial charge in [-0.05, 0) is 26.2 Å². The Labute approximate surface area is 101 Å². The molecule has 96 valence electrons. The van der Waals surface area contributed by atoms with E-state index in [1.807, 2.05) is 0 Å². The maximum absolute atomic E-state index is 5.69. The zero-order valence-electron chi connectivity index (χ0n) is 11.1. The van der Waals surface area contributed by atoms with Crippen LogP contribution in [-0.2, 0) is 4.84 Å². The van der Waals surface area contributed by atoms with Crippen molar-refractivity contribution in [3.63, 3.8) is 0 Å². The largest absolute Gasteiger partial charge is 0.298 e. The van der Waals surface area contributed by atoms with Crippen LogP contribution in [0.4, 0.5) is 0 Å². The van der Waals surface area contributed by atoms with Crippen LogP contribution in [0.15, 0.2) is 0 Å². The Morgan fingerprint density at radius 1 is 1.12 bits per heavy atom. The minimum atomic E-state index is 0.488. The molecule has 0 heterocycles. The van der Waals surface area contributed by atoms with Gasteiger partial charge >= 0.3 is 0 Å². The van der Waals surface area contributed by atoms with Gasteiger partial charge < -0.3 is 0 Å². The van der Waals surface area contributed by atoms with Crippen molar-refractivity contribution >= 4 is 0 Å². The SMILES string of the molecule is CCCCCCCC(C)NOC1CCCC1. The average Bonchev–Trinajstić information content (AvgIpc) is 2.79. The highest BCUT2D eigenvalue weighted by Gasteiger charge is 2.16. The van der Waals surface area contributed by atoms with Gasteiger partial charge in [0.15, 0.2) is 0 Å². The monoisotopic (exact) mass is 227 g/mol. The minimum Gasteiger partial charge on any atom is -0.298 e. The van der Waals surface area contributed by atoms with Gasteiger partial charge in [0.1, 0.15) is 0 Å². The lowest BCUT2D eigenvalue weighted by Gasteiger charge is -2.17. The summed E-state index contributed by atoms with van der Waals surface area (Å²) < 4.78 is 0. The molecule has 1 rings (SSSR count).